The molecule has 1 aliphatic rings. The van der Waals surface area contributed by atoms with Crippen LogP contribution >= 0.6 is 12.0 Å². The standard InChI is InChI=1S/C18H14F3NO4S/c1-18(2)17(23)15(11-8-10(19)4-5-12(11)20)16(24-18)9-3-6-14(13(21)7-9)27-26-25-22/h3-8H,22H2,1-2H3. The van der Waals surface area contributed by atoms with Crippen LogP contribution in [-0.2, 0) is 18.9 Å². The first-order valence-corrected chi connectivity index (χ1v) is 8.42. The highest BCUT2D eigenvalue weighted by Crippen LogP contribution is 2.42. The quantitative estimate of drug-likeness (QED) is 0.464. The van der Waals surface area contributed by atoms with Crippen LogP contribution in [0.2, 0.25) is 0 Å². The Morgan fingerprint density at radius 3 is 2.48 bits per heavy atom. The van der Waals surface area contributed by atoms with Gasteiger partial charge in [-0.05, 0) is 50.2 Å². The van der Waals surface area contributed by atoms with Crippen LogP contribution in [-0.4, -0.2) is 11.4 Å². The number of rotatable bonds is 5. The van der Waals surface area contributed by atoms with Gasteiger partial charge in [0, 0.05) is 11.1 Å². The maximum atomic E-state index is 14.3. The number of nitrogens with two attached hydrogens (primary N) is 1. The van der Waals surface area contributed by atoms with Gasteiger partial charge in [0.1, 0.15) is 23.2 Å². The molecule has 1 aliphatic heterocycles. The molecule has 0 saturated heterocycles. The lowest BCUT2D eigenvalue weighted by molar-refractivity contribution is -0.195. The largest absolute Gasteiger partial charge is 0.478 e. The van der Waals surface area contributed by atoms with E-state index in [1.165, 1.54) is 26.0 Å². The maximum Gasteiger partial charge on any atom is 0.210 e. The number of halogens is 3. The Morgan fingerprint density at radius 1 is 1.07 bits per heavy atom. The van der Waals surface area contributed by atoms with Crippen LogP contribution in [0, 0.1) is 17.5 Å². The molecule has 0 bridgehead atoms. The Balaban J connectivity index is 2.15. The van der Waals surface area contributed by atoms with Crippen LogP contribution in [0.15, 0.2) is 41.3 Å². The van der Waals surface area contributed by atoms with E-state index in [1.807, 2.05) is 0 Å². The summed E-state index contributed by atoms with van der Waals surface area (Å²) in [5.74, 6) is 1.92. The van der Waals surface area contributed by atoms with Gasteiger partial charge in [-0.2, -0.15) is 5.90 Å². The maximum absolute atomic E-state index is 14.3. The van der Waals surface area contributed by atoms with Crippen LogP contribution < -0.4 is 5.90 Å². The molecule has 0 atom stereocenters. The molecule has 0 aromatic heterocycles. The van der Waals surface area contributed by atoms with Gasteiger partial charge in [-0.1, -0.05) is 0 Å². The predicted molar refractivity (Wildman–Crippen MR) is 92.0 cm³/mol. The summed E-state index contributed by atoms with van der Waals surface area (Å²) in [6.07, 6.45) is 0. The zero-order chi connectivity index (χ0) is 19.8. The molecular formula is C18H14F3NO4S. The molecule has 0 amide bonds. The van der Waals surface area contributed by atoms with E-state index >= 15 is 0 Å². The van der Waals surface area contributed by atoms with E-state index < -0.39 is 28.8 Å². The zero-order valence-corrected chi connectivity index (χ0v) is 15.0. The third-order valence-corrected chi connectivity index (χ3v) is 4.57. The first-order chi connectivity index (χ1) is 12.7. The molecule has 0 unspecified atom stereocenters. The Labute approximate surface area is 157 Å². The Bertz CT molecular complexity index is 946. The fourth-order valence-corrected chi connectivity index (χ4v) is 3.03. The normalized spacial score (nSPS) is 16.0. The molecule has 3 rings (SSSR count). The molecule has 0 aliphatic carbocycles. The van der Waals surface area contributed by atoms with Crippen molar-refractivity contribution in [2.24, 2.45) is 5.90 Å². The third kappa shape index (κ3) is 3.72. The molecular weight excluding hydrogens is 383 g/mol. The monoisotopic (exact) mass is 397 g/mol. The van der Waals surface area contributed by atoms with Crippen LogP contribution in [0.3, 0.4) is 0 Å². The van der Waals surface area contributed by atoms with Crippen molar-refractivity contribution >= 4 is 29.2 Å². The molecule has 0 spiro atoms. The highest BCUT2D eigenvalue weighted by Gasteiger charge is 2.43. The number of carbonyl (C=O) groups is 1. The number of ketones is 1. The fourth-order valence-electron chi connectivity index (χ4n) is 2.66. The summed E-state index contributed by atoms with van der Waals surface area (Å²) in [6, 6.07) is 6.64. The Kier molecular flexibility index (Phi) is 5.29. The van der Waals surface area contributed by atoms with E-state index in [0.717, 1.165) is 24.3 Å². The van der Waals surface area contributed by atoms with Crippen molar-refractivity contribution in [1.82, 2.24) is 0 Å². The van der Waals surface area contributed by atoms with Crippen molar-refractivity contribution in [1.29, 1.82) is 0 Å². The van der Waals surface area contributed by atoms with E-state index in [1.54, 1.807) is 0 Å². The first kappa shape index (κ1) is 19.4. The first-order valence-electron chi connectivity index (χ1n) is 7.68. The number of hydrogen-bond acceptors (Lipinski definition) is 6. The average Bonchev–Trinajstić information content (AvgIpc) is 2.86. The van der Waals surface area contributed by atoms with Gasteiger partial charge in [0.2, 0.25) is 5.78 Å². The van der Waals surface area contributed by atoms with Gasteiger partial charge < -0.3 is 4.74 Å². The molecule has 0 saturated carbocycles. The van der Waals surface area contributed by atoms with Crippen molar-refractivity contribution in [3.05, 3.63) is 65.0 Å². The van der Waals surface area contributed by atoms with Crippen LogP contribution in [0.1, 0.15) is 25.0 Å². The van der Waals surface area contributed by atoms with Crippen LogP contribution in [0.5, 0.6) is 0 Å². The Hall–Kier alpha value is -2.33. The lowest BCUT2D eigenvalue weighted by Gasteiger charge is -2.18. The summed E-state index contributed by atoms with van der Waals surface area (Å²) < 4.78 is 52.3. The van der Waals surface area contributed by atoms with Gasteiger partial charge in [0.05, 0.1) is 22.5 Å². The zero-order valence-electron chi connectivity index (χ0n) is 14.2. The minimum Gasteiger partial charge on any atom is -0.478 e. The number of ether oxygens (including phenoxy) is 1. The lowest BCUT2D eigenvalue weighted by Crippen LogP contribution is -2.29. The smallest absolute Gasteiger partial charge is 0.210 e. The van der Waals surface area contributed by atoms with Gasteiger partial charge in [0.25, 0.3) is 0 Å². The summed E-state index contributed by atoms with van der Waals surface area (Å²) in [5.41, 5.74) is -1.54. The third-order valence-electron chi connectivity index (χ3n) is 3.91. The van der Waals surface area contributed by atoms with Gasteiger partial charge in [-0.25, -0.2) is 13.2 Å². The molecule has 5 nitrogen and oxygen atoms in total. The second-order valence-electron chi connectivity index (χ2n) is 6.16. The SMILES string of the molecule is CC1(C)OC(c2ccc(SOON)c(F)c2)=C(c2cc(F)ccc2F)C1=O. The van der Waals surface area contributed by atoms with E-state index in [9.17, 15) is 18.0 Å². The average molecular weight is 397 g/mol. The van der Waals surface area contributed by atoms with E-state index in [-0.39, 0.29) is 27.4 Å². The van der Waals surface area contributed by atoms with E-state index in [0.29, 0.717) is 12.0 Å². The Morgan fingerprint density at radius 2 is 1.81 bits per heavy atom. The van der Waals surface area contributed by atoms with Crippen LogP contribution in [0.4, 0.5) is 13.2 Å². The molecule has 0 fully saturated rings. The summed E-state index contributed by atoms with van der Waals surface area (Å²) in [6.45, 7) is 2.99. The van der Waals surface area contributed by atoms with Crippen molar-refractivity contribution < 1.29 is 32.0 Å². The molecule has 2 aromatic carbocycles. The summed E-state index contributed by atoms with van der Waals surface area (Å²) in [4.78, 5) is 16.7. The second kappa shape index (κ2) is 7.35. The lowest BCUT2D eigenvalue weighted by atomic mass is 9.92. The summed E-state index contributed by atoms with van der Waals surface area (Å²) in [7, 11) is 0. The van der Waals surface area contributed by atoms with Gasteiger partial charge in [-0.15, -0.1) is 9.32 Å². The van der Waals surface area contributed by atoms with Crippen molar-refractivity contribution in [2.75, 3.05) is 0 Å². The predicted octanol–water partition coefficient (Wildman–Crippen LogP) is 4.18. The number of benzene rings is 2. The molecule has 1 heterocycles. The number of carbonyl (C=O) groups excluding carboxylic acids is 1. The highest BCUT2D eigenvalue weighted by atomic mass is 32.2. The molecule has 2 aromatic rings. The molecule has 2 N–H and O–H groups in total. The minimum absolute atomic E-state index is 0.0408. The van der Waals surface area contributed by atoms with E-state index in [2.05, 4.69) is 9.32 Å². The summed E-state index contributed by atoms with van der Waals surface area (Å²) >= 11 is 0.545. The van der Waals surface area contributed by atoms with Gasteiger partial charge in [-0.3, -0.25) is 4.79 Å². The molecule has 0 radical (unpaired) electrons. The topological polar surface area (TPSA) is 70.8 Å². The van der Waals surface area contributed by atoms with E-state index in [4.69, 9.17) is 10.6 Å². The van der Waals surface area contributed by atoms with Gasteiger partial charge in [0.15, 0.2) is 5.60 Å². The molecule has 9 heteroatoms. The minimum atomic E-state index is -1.32. The second-order valence-corrected chi connectivity index (χ2v) is 6.91. The van der Waals surface area contributed by atoms with Crippen molar-refractivity contribution in [3.63, 3.8) is 0 Å². The number of Topliss-reactive ketones (excluding diaryl/α,β-unsaturated/α-hetero) is 1. The fraction of sp³-hybridized carbons (Fsp3) is 0.167. The van der Waals surface area contributed by atoms with Crippen LogP contribution in [0.25, 0.3) is 11.3 Å². The summed E-state index contributed by atoms with van der Waals surface area (Å²) in [5, 5.41) is 0. The highest BCUT2D eigenvalue weighted by molar-refractivity contribution is 7.94. The molecule has 27 heavy (non-hydrogen) atoms. The van der Waals surface area contributed by atoms with Crippen molar-refractivity contribution in [2.45, 2.75) is 24.3 Å². The molecule has 142 valence electrons. The number of hydrogen-bond donors (Lipinski definition) is 1. The van der Waals surface area contributed by atoms with Gasteiger partial charge >= 0.3 is 0 Å². The van der Waals surface area contributed by atoms with Crippen molar-refractivity contribution in [3.8, 4) is 0 Å².